The molecular formula is C19H32O10. The maximum atomic E-state index is 11.4. The molecule has 0 bridgehead atoms. The van der Waals surface area contributed by atoms with E-state index in [9.17, 15) is 40.5 Å². The SMILES string of the molecule is CC(=O)/C=C/[C@@]1(O)C(C)(C)C[C@H](O)[C@H](O[C@@H]2O[C@H](CO)[C@@H](O)[C@H](O)[C@H]2O)[C@@]1(C)O. The fourth-order valence-electron chi connectivity index (χ4n) is 4.24. The van der Waals surface area contributed by atoms with Crippen LogP contribution in [0.1, 0.15) is 34.1 Å². The van der Waals surface area contributed by atoms with E-state index in [1.807, 2.05) is 0 Å². The monoisotopic (exact) mass is 420 g/mol. The van der Waals surface area contributed by atoms with Gasteiger partial charge in [-0.3, -0.25) is 4.79 Å². The molecule has 0 unspecified atom stereocenters. The first-order chi connectivity index (χ1) is 13.2. The van der Waals surface area contributed by atoms with Crippen molar-refractivity contribution in [3.05, 3.63) is 12.2 Å². The Morgan fingerprint density at radius 3 is 2.21 bits per heavy atom. The third-order valence-electron chi connectivity index (χ3n) is 6.11. The molecule has 2 aliphatic rings. The van der Waals surface area contributed by atoms with Crippen LogP contribution in [0.5, 0.6) is 0 Å². The molecular weight excluding hydrogens is 388 g/mol. The Bertz CT molecular complexity index is 630. The summed E-state index contributed by atoms with van der Waals surface area (Å²) in [4.78, 5) is 11.4. The van der Waals surface area contributed by atoms with Crippen LogP contribution in [0.3, 0.4) is 0 Å². The van der Waals surface area contributed by atoms with E-state index in [-0.39, 0.29) is 12.2 Å². The Hall–Kier alpha value is -0.950. The normalized spacial score (nSPS) is 48.0. The van der Waals surface area contributed by atoms with Gasteiger partial charge in [-0.25, -0.2) is 0 Å². The number of rotatable bonds is 5. The van der Waals surface area contributed by atoms with Gasteiger partial charge in [0.25, 0.3) is 0 Å². The Balaban J connectivity index is 2.38. The van der Waals surface area contributed by atoms with Gasteiger partial charge in [-0.2, -0.15) is 0 Å². The van der Waals surface area contributed by atoms with Crippen molar-refractivity contribution in [2.24, 2.45) is 5.41 Å². The number of aliphatic hydroxyl groups is 7. The zero-order chi connectivity index (χ0) is 22.4. The minimum atomic E-state index is -2.15. The van der Waals surface area contributed by atoms with E-state index >= 15 is 0 Å². The topological polar surface area (TPSA) is 177 Å². The summed E-state index contributed by atoms with van der Waals surface area (Å²) in [6, 6.07) is 0. The summed E-state index contributed by atoms with van der Waals surface area (Å²) >= 11 is 0. The van der Waals surface area contributed by atoms with Crippen molar-refractivity contribution in [2.75, 3.05) is 6.61 Å². The summed E-state index contributed by atoms with van der Waals surface area (Å²) in [6.07, 6.45) is -8.47. The first-order valence-corrected chi connectivity index (χ1v) is 9.48. The highest BCUT2D eigenvalue weighted by Gasteiger charge is 2.65. The van der Waals surface area contributed by atoms with Gasteiger partial charge in [0.1, 0.15) is 41.7 Å². The van der Waals surface area contributed by atoms with Gasteiger partial charge < -0.3 is 45.2 Å². The number of carbonyl (C=O) groups excluding carboxylic acids is 1. The smallest absolute Gasteiger partial charge is 0.187 e. The molecule has 0 aromatic heterocycles. The Morgan fingerprint density at radius 1 is 1.10 bits per heavy atom. The van der Waals surface area contributed by atoms with Crippen LogP contribution >= 0.6 is 0 Å². The number of hydrogen-bond donors (Lipinski definition) is 7. The van der Waals surface area contributed by atoms with E-state index in [4.69, 9.17) is 9.47 Å². The van der Waals surface area contributed by atoms with Gasteiger partial charge in [-0.05, 0) is 32.4 Å². The van der Waals surface area contributed by atoms with Gasteiger partial charge in [0.15, 0.2) is 12.1 Å². The molecule has 0 aromatic rings. The van der Waals surface area contributed by atoms with Crippen LogP contribution in [0.25, 0.3) is 0 Å². The Kier molecular flexibility index (Phi) is 6.95. The minimum Gasteiger partial charge on any atom is -0.394 e. The quantitative estimate of drug-likeness (QED) is 0.237. The van der Waals surface area contributed by atoms with Crippen LogP contribution in [-0.4, -0.2) is 102 Å². The summed E-state index contributed by atoms with van der Waals surface area (Å²) in [5.74, 6) is -0.359. The first-order valence-electron chi connectivity index (χ1n) is 9.48. The predicted molar refractivity (Wildman–Crippen MR) is 98.4 cm³/mol. The molecule has 2 rings (SSSR count). The van der Waals surface area contributed by atoms with Crippen molar-refractivity contribution in [1.29, 1.82) is 0 Å². The Labute approximate surface area is 169 Å². The molecule has 0 amide bonds. The average Bonchev–Trinajstić information content (AvgIpc) is 2.61. The highest BCUT2D eigenvalue weighted by Crippen LogP contribution is 2.51. The molecule has 0 spiro atoms. The van der Waals surface area contributed by atoms with E-state index in [1.54, 1.807) is 13.8 Å². The lowest BCUT2D eigenvalue weighted by Gasteiger charge is -2.58. The van der Waals surface area contributed by atoms with Crippen molar-refractivity contribution in [3.8, 4) is 0 Å². The van der Waals surface area contributed by atoms with E-state index < -0.39 is 66.1 Å². The molecule has 0 aromatic carbocycles. The van der Waals surface area contributed by atoms with Crippen molar-refractivity contribution in [2.45, 2.75) is 88.2 Å². The van der Waals surface area contributed by atoms with E-state index in [0.717, 1.165) is 12.2 Å². The number of allylic oxidation sites excluding steroid dienone is 1. The molecule has 9 atom stereocenters. The van der Waals surface area contributed by atoms with Gasteiger partial charge in [0.2, 0.25) is 0 Å². The first kappa shape index (κ1) is 24.3. The molecule has 10 heteroatoms. The lowest BCUT2D eigenvalue weighted by Crippen LogP contribution is -2.73. The average molecular weight is 420 g/mol. The molecule has 29 heavy (non-hydrogen) atoms. The standard InChI is InChI=1S/C19H32O10/c1-9(21)5-6-19(27)17(2,3)7-10(22)15(18(19,4)26)29-16-14(25)13(24)12(23)11(8-20)28-16/h5-6,10-16,20,22-27H,7-8H2,1-4H3/b6-5+/t10-,11+,12+,13-,14+,15-,16-,18+,19+/m0/s1. The van der Waals surface area contributed by atoms with Crippen LogP contribution in [0.2, 0.25) is 0 Å². The fourth-order valence-corrected chi connectivity index (χ4v) is 4.24. The van der Waals surface area contributed by atoms with Gasteiger partial charge in [-0.15, -0.1) is 0 Å². The van der Waals surface area contributed by atoms with Crippen LogP contribution in [0, 0.1) is 5.41 Å². The summed E-state index contributed by atoms with van der Waals surface area (Å²) in [5, 5.41) is 72.5. The van der Waals surface area contributed by atoms with Crippen LogP contribution in [0.15, 0.2) is 12.2 Å². The van der Waals surface area contributed by atoms with Gasteiger partial charge in [0.05, 0.1) is 12.7 Å². The lowest BCUT2D eigenvalue weighted by atomic mass is 9.56. The van der Waals surface area contributed by atoms with Crippen molar-refractivity contribution >= 4 is 5.78 Å². The molecule has 7 N–H and O–H groups in total. The molecule has 0 radical (unpaired) electrons. The predicted octanol–water partition coefficient (Wildman–Crippen LogP) is -2.41. The maximum absolute atomic E-state index is 11.4. The summed E-state index contributed by atoms with van der Waals surface area (Å²) in [5.41, 5.74) is -5.24. The van der Waals surface area contributed by atoms with E-state index in [2.05, 4.69) is 0 Å². The largest absolute Gasteiger partial charge is 0.394 e. The highest BCUT2D eigenvalue weighted by atomic mass is 16.7. The van der Waals surface area contributed by atoms with Gasteiger partial charge in [0, 0.05) is 5.41 Å². The molecule has 1 aliphatic carbocycles. The van der Waals surface area contributed by atoms with Crippen LogP contribution in [0.4, 0.5) is 0 Å². The van der Waals surface area contributed by atoms with Crippen LogP contribution in [-0.2, 0) is 14.3 Å². The molecule has 1 saturated heterocycles. The summed E-state index contributed by atoms with van der Waals surface area (Å²) in [7, 11) is 0. The van der Waals surface area contributed by atoms with Gasteiger partial charge >= 0.3 is 0 Å². The van der Waals surface area contributed by atoms with E-state index in [1.165, 1.54) is 13.8 Å². The zero-order valence-electron chi connectivity index (χ0n) is 17.0. The highest BCUT2D eigenvalue weighted by molar-refractivity contribution is 5.87. The van der Waals surface area contributed by atoms with Crippen LogP contribution < -0.4 is 0 Å². The number of ether oxygens (including phenoxy) is 2. The van der Waals surface area contributed by atoms with Crippen molar-refractivity contribution < 1.29 is 50.0 Å². The van der Waals surface area contributed by atoms with Crippen molar-refractivity contribution in [1.82, 2.24) is 0 Å². The molecule has 1 aliphatic heterocycles. The third kappa shape index (κ3) is 4.14. The number of ketones is 1. The molecule has 1 saturated carbocycles. The van der Waals surface area contributed by atoms with Gasteiger partial charge in [-0.1, -0.05) is 13.8 Å². The lowest BCUT2D eigenvalue weighted by molar-refractivity contribution is -0.355. The van der Waals surface area contributed by atoms with E-state index in [0.29, 0.717) is 0 Å². The second-order valence-electron chi connectivity index (χ2n) is 8.77. The zero-order valence-corrected chi connectivity index (χ0v) is 17.0. The molecule has 10 nitrogen and oxygen atoms in total. The fraction of sp³-hybridized carbons (Fsp3) is 0.842. The minimum absolute atomic E-state index is 0.0377. The second kappa shape index (κ2) is 8.29. The number of carbonyl (C=O) groups is 1. The second-order valence-corrected chi connectivity index (χ2v) is 8.77. The maximum Gasteiger partial charge on any atom is 0.187 e. The molecule has 1 heterocycles. The van der Waals surface area contributed by atoms with Crippen molar-refractivity contribution in [3.63, 3.8) is 0 Å². The number of hydrogen-bond acceptors (Lipinski definition) is 10. The molecule has 168 valence electrons. The molecule has 2 fully saturated rings. The summed E-state index contributed by atoms with van der Waals surface area (Å²) < 4.78 is 10.9. The third-order valence-corrected chi connectivity index (χ3v) is 6.11. The Morgan fingerprint density at radius 2 is 1.69 bits per heavy atom. The summed E-state index contributed by atoms with van der Waals surface area (Å²) in [6.45, 7) is 5.04. The number of aliphatic hydroxyl groups excluding tert-OH is 5.